The Bertz CT molecular complexity index is 809. The summed E-state index contributed by atoms with van der Waals surface area (Å²) in [5.41, 5.74) is 2.77. The topological polar surface area (TPSA) is 92.2 Å². The highest BCUT2D eigenvalue weighted by Gasteiger charge is 2.23. The van der Waals surface area contributed by atoms with Gasteiger partial charge < -0.3 is 5.32 Å². The van der Waals surface area contributed by atoms with Gasteiger partial charge in [0.05, 0.1) is 11.9 Å². The molecule has 110 valence electrons. The van der Waals surface area contributed by atoms with Crippen molar-refractivity contribution in [3.05, 3.63) is 36.3 Å². The average molecular weight is 294 g/mol. The van der Waals surface area contributed by atoms with Gasteiger partial charge in [-0.3, -0.25) is 15.3 Å². The summed E-state index contributed by atoms with van der Waals surface area (Å²) in [4.78, 5) is 29.2. The van der Waals surface area contributed by atoms with E-state index in [2.05, 4.69) is 30.6 Å². The Kier molecular flexibility index (Phi) is 3.03. The number of aromatic nitrogens is 3. The predicted molar refractivity (Wildman–Crippen MR) is 82.8 cm³/mol. The summed E-state index contributed by atoms with van der Waals surface area (Å²) in [5.74, 6) is 0.462. The molecular formula is C15H14N6O. The smallest absolute Gasteiger partial charge is 0.320 e. The minimum Gasteiger partial charge on any atom is -0.335 e. The molecule has 1 fully saturated rings. The molecule has 1 aliphatic carbocycles. The first-order chi connectivity index (χ1) is 10.8. The first-order valence-electron chi connectivity index (χ1n) is 7.21. The molecule has 0 aromatic carbocycles. The largest absolute Gasteiger partial charge is 0.335 e. The normalized spacial score (nSPS) is 16.6. The molecule has 0 radical (unpaired) electrons. The van der Waals surface area contributed by atoms with E-state index in [1.165, 1.54) is 0 Å². The van der Waals surface area contributed by atoms with Gasteiger partial charge in [0.25, 0.3) is 0 Å². The number of fused-ring (bicyclic) bond motifs is 1. The van der Waals surface area contributed by atoms with Crippen LogP contribution in [0.25, 0.3) is 11.2 Å². The van der Waals surface area contributed by atoms with E-state index in [0.717, 1.165) is 25.0 Å². The number of pyridine rings is 1. The van der Waals surface area contributed by atoms with Crippen LogP contribution >= 0.6 is 0 Å². The zero-order valence-corrected chi connectivity index (χ0v) is 11.8. The van der Waals surface area contributed by atoms with E-state index in [0.29, 0.717) is 28.7 Å². The number of allylic oxidation sites excluding steroid dienone is 1. The van der Waals surface area contributed by atoms with Crippen molar-refractivity contribution >= 4 is 28.7 Å². The third-order valence-corrected chi connectivity index (χ3v) is 3.50. The van der Waals surface area contributed by atoms with Gasteiger partial charge >= 0.3 is 6.03 Å². The number of nitrogens with zero attached hydrogens (tertiary/aromatic N) is 4. The summed E-state index contributed by atoms with van der Waals surface area (Å²) in [7, 11) is 0. The van der Waals surface area contributed by atoms with Gasteiger partial charge in [-0.05, 0) is 25.0 Å². The molecule has 1 saturated carbocycles. The summed E-state index contributed by atoms with van der Waals surface area (Å²) in [6.07, 6.45) is 8.27. The molecule has 2 amide bonds. The van der Waals surface area contributed by atoms with Crippen molar-refractivity contribution in [1.82, 2.24) is 20.3 Å². The lowest BCUT2D eigenvalue weighted by molar-refractivity contribution is 0.251. The molecule has 2 aromatic rings. The minimum atomic E-state index is -0.233. The fourth-order valence-electron chi connectivity index (χ4n) is 2.20. The molecule has 2 N–H and O–H groups in total. The molecule has 7 nitrogen and oxygen atoms in total. The number of nitrogens with one attached hydrogen (secondary N) is 2. The highest BCUT2D eigenvalue weighted by atomic mass is 16.2. The molecule has 0 atom stereocenters. The fourth-order valence-corrected chi connectivity index (χ4v) is 2.20. The van der Waals surface area contributed by atoms with Crippen LogP contribution in [0.3, 0.4) is 0 Å². The van der Waals surface area contributed by atoms with Gasteiger partial charge in [-0.2, -0.15) is 0 Å². The Morgan fingerprint density at radius 2 is 2.14 bits per heavy atom. The van der Waals surface area contributed by atoms with E-state index in [-0.39, 0.29) is 6.03 Å². The summed E-state index contributed by atoms with van der Waals surface area (Å²) in [5, 5.41) is 5.58. The van der Waals surface area contributed by atoms with Crippen molar-refractivity contribution in [2.45, 2.75) is 25.3 Å². The number of rotatable bonds is 3. The van der Waals surface area contributed by atoms with Crippen molar-refractivity contribution in [1.29, 1.82) is 0 Å². The molecule has 0 saturated heterocycles. The van der Waals surface area contributed by atoms with E-state index in [4.69, 9.17) is 0 Å². The molecule has 0 unspecified atom stereocenters. The molecule has 0 bridgehead atoms. The summed E-state index contributed by atoms with van der Waals surface area (Å²) in [6, 6.07) is 3.58. The first-order valence-corrected chi connectivity index (χ1v) is 7.21. The summed E-state index contributed by atoms with van der Waals surface area (Å²) < 4.78 is 0. The van der Waals surface area contributed by atoms with Crippen LogP contribution in [-0.2, 0) is 0 Å². The molecule has 1 aliphatic heterocycles. The zero-order chi connectivity index (χ0) is 14.9. The van der Waals surface area contributed by atoms with E-state index in [1.807, 2.05) is 6.08 Å². The number of amides is 2. The highest BCUT2D eigenvalue weighted by molar-refractivity contribution is 6.02. The number of hydrogen-bond acceptors (Lipinski definition) is 5. The van der Waals surface area contributed by atoms with Crippen LogP contribution in [0, 0.1) is 0 Å². The first kappa shape index (κ1) is 12.9. The van der Waals surface area contributed by atoms with Crippen molar-refractivity contribution in [2.75, 3.05) is 5.32 Å². The number of aliphatic imine (C=N–C) groups is 1. The third-order valence-electron chi connectivity index (χ3n) is 3.50. The van der Waals surface area contributed by atoms with Crippen molar-refractivity contribution in [2.24, 2.45) is 4.99 Å². The van der Waals surface area contributed by atoms with Crippen LogP contribution < -0.4 is 10.6 Å². The van der Waals surface area contributed by atoms with Gasteiger partial charge in [0.1, 0.15) is 17.0 Å². The second kappa shape index (κ2) is 5.18. The van der Waals surface area contributed by atoms with Crippen molar-refractivity contribution in [3.63, 3.8) is 0 Å². The molecule has 3 heterocycles. The van der Waals surface area contributed by atoms with Gasteiger partial charge in [0.15, 0.2) is 5.65 Å². The maximum atomic E-state index is 11.7. The van der Waals surface area contributed by atoms with Crippen molar-refractivity contribution < 1.29 is 4.79 Å². The van der Waals surface area contributed by atoms with E-state index >= 15 is 0 Å². The zero-order valence-electron chi connectivity index (χ0n) is 11.8. The lowest BCUT2D eigenvalue weighted by atomic mass is 10.2. The molecule has 4 rings (SSSR count). The summed E-state index contributed by atoms with van der Waals surface area (Å²) in [6.45, 7) is 0. The Morgan fingerprint density at radius 3 is 2.91 bits per heavy atom. The van der Waals surface area contributed by atoms with Crippen LogP contribution in [0.15, 0.2) is 35.6 Å². The van der Waals surface area contributed by atoms with Gasteiger partial charge in [-0.1, -0.05) is 6.08 Å². The summed E-state index contributed by atoms with van der Waals surface area (Å²) >= 11 is 0. The maximum Gasteiger partial charge on any atom is 0.320 e. The van der Waals surface area contributed by atoms with Gasteiger partial charge in [0.2, 0.25) is 0 Å². The Balaban J connectivity index is 1.59. The van der Waals surface area contributed by atoms with Crippen LogP contribution in [0.2, 0.25) is 0 Å². The number of urea groups is 1. The van der Waals surface area contributed by atoms with Crippen LogP contribution in [-0.4, -0.2) is 32.7 Å². The molecule has 7 heteroatoms. The lowest BCUT2D eigenvalue weighted by Gasteiger charge is -2.07. The molecular weight excluding hydrogens is 280 g/mol. The monoisotopic (exact) mass is 294 g/mol. The molecule has 2 aliphatic rings. The lowest BCUT2D eigenvalue weighted by Crippen LogP contribution is -2.30. The Morgan fingerprint density at radius 1 is 1.23 bits per heavy atom. The van der Waals surface area contributed by atoms with Gasteiger partial charge in [0, 0.05) is 18.7 Å². The number of anilines is 1. The van der Waals surface area contributed by atoms with Gasteiger partial charge in [-0.25, -0.2) is 14.8 Å². The Labute approximate surface area is 126 Å². The van der Waals surface area contributed by atoms with Crippen LogP contribution in [0.5, 0.6) is 0 Å². The predicted octanol–water partition coefficient (Wildman–Crippen LogP) is 2.02. The molecule has 0 spiro atoms. The SMILES string of the molecule is O=C(Nc1ccc2ncc(C3=NC=CC3)nc2n1)NC1CC1. The van der Waals surface area contributed by atoms with E-state index in [1.54, 1.807) is 24.5 Å². The Hall–Kier alpha value is -2.83. The maximum absolute atomic E-state index is 11.7. The van der Waals surface area contributed by atoms with E-state index < -0.39 is 0 Å². The van der Waals surface area contributed by atoms with E-state index in [9.17, 15) is 4.79 Å². The number of hydrogen-bond donors (Lipinski definition) is 2. The van der Waals surface area contributed by atoms with Crippen LogP contribution in [0.4, 0.5) is 10.6 Å². The number of carbonyl (C=O) groups is 1. The average Bonchev–Trinajstić information content (AvgIpc) is 3.16. The standard InChI is InChI=1S/C15H14N6O/c22-15(18-9-3-4-9)21-13-6-5-11-14(20-13)19-12(8-17-11)10-2-1-7-16-10/h1,5-9H,2-4H2,(H2,18,19,20,21,22). The molecule has 22 heavy (non-hydrogen) atoms. The number of carbonyl (C=O) groups excluding carboxylic acids is 1. The highest BCUT2D eigenvalue weighted by Crippen LogP contribution is 2.19. The quantitative estimate of drug-likeness (QED) is 0.905. The second-order valence-electron chi connectivity index (χ2n) is 5.33. The second-order valence-corrected chi connectivity index (χ2v) is 5.33. The fraction of sp³-hybridized carbons (Fsp3) is 0.267. The van der Waals surface area contributed by atoms with Crippen LogP contribution in [0.1, 0.15) is 25.0 Å². The van der Waals surface area contributed by atoms with Crippen molar-refractivity contribution in [3.8, 4) is 0 Å². The molecule has 2 aromatic heterocycles. The minimum absolute atomic E-state index is 0.233. The third kappa shape index (κ3) is 2.65. The van der Waals surface area contributed by atoms with Gasteiger partial charge in [-0.15, -0.1) is 0 Å².